The third-order valence-electron chi connectivity index (χ3n) is 2.09. The van der Waals surface area contributed by atoms with E-state index in [1.165, 1.54) is 13.8 Å². The van der Waals surface area contributed by atoms with Gasteiger partial charge in [-0.3, -0.25) is 4.57 Å². The van der Waals surface area contributed by atoms with Crippen molar-refractivity contribution < 1.29 is 32.6 Å². The van der Waals surface area contributed by atoms with Gasteiger partial charge in [-0.25, -0.2) is 0 Å². The van der Waals surface area contributed by atoms with Gasteiger partial charge in [0.2, 0.25) is 0 Å². The lowest BCUT2D eigenvalue weighted by Gasteiger charge is -2.25. The summed E-state index contributed by atoms with van der Waals surface area (Å²) >= 11 is -0.140. The average Bonchev–Trinajstić information content (AvgIpc) is 2.33. The molecule has 0 amide bonds. The van der Waals surface area contributed by atoms with Crippen molar-refractivity contribution in [3.63, 3.8) is 0 Å². The molecule has 2 N–H and O–H groups in total. The zero-order chi connectivity index (χ0) is 15.4. The molecule has 114 valence electrons. The highest BCUT2D eigenvalue weighted by Gasteiger charge is 2.54. The number of aromatic hydroxyl groups is 2. The molecule has 1 aromatic carbocycles. The lowest BCUT2D eigenvalue weighted by Crippen LogP contribution is -2.16. The molecule has 5 nitrogen and oxygen atoms in total. The molecule has 1 rings (SSSR count). The fraction of sp³-hybridized carbons (Fsp3) is 0.455. The van der Waals surface area contributed by atoms with Gasteiger partial charge in [-0.2, -0.15) is 8.78 Å². The van der Waals surface area contributed by atoms with E-state index >= 15 is 0 Å². The van der Waals surface area contributed by atoms with E-state index in [4.69, 9.17) is 5.11 Å². The number of benzene rings is 1. The van der Waals surface area contributed by atoms with Crippen LogP contribution in [0.15, 0.2) is 23.1 Å². The van der Waals surface area contributed by atoms with Crippen molar-refractivity contribution in [2.75, 3.05) is 13.2 Å². The second-order valence-electron chi connectivity index (χ2n) is 3.57. The maximum atomic E-state index is 14.1. The SMILES string of the molecule is CCOP(=O)(OCC)C(F)(F)Sc1ccc(O)cc1O. The van der Waals surface area contributed by atoms with Crippen molar-refractivity contribution in [3.8, 4) is 11.5 Å². The number of phenolic OH excluding ortho intramolecular Hbond substituents is 2. The molecule has 0 aliphatic carbocycles. The molecule has 0 aromatic heterocycles. The molecule has 0 unspecified atom stereocenters. The summed E-state index contributed by atoms with van der Waals surface area (Å²) in [6, 6.07) is 3.13. The predicted octanol–water partition coefficient (Wildman–Crippen LogP) is 4.01. The van der Waals surface area contributed by atoms with Gasteiger partial charge in [-0.1, -0.05) is 0 Å². The highest BCUT2D eigenvalue weighted by Crippen LogP contribution is 2.68. The second kappa shape index (κ2) is 6.76. The summed E-state index contributed by atoms with van der Waals surface area (Å²) in [5.41, 5.74) is 0. The minimum absolute atomic E-state index is 0.140. The van der Waals surface area contributed by atoms with Gasteiger partial charge in [0, 0.05) is 6.07 Å². The van der Waals surface area contributed by atoms with E-state index in [-0.39, 0.29) is 35.6 Å². The Bertz CT molecular complexity index is 502. The summed E-state index contributed by atoms with van der Waals surface area (Å²) in [4.78, 5) is -4.11. The zero-order valence-corrected chi connectivity index (χ0v) is 12.6. The van der Waals surface area contributed by atoms with Crippen LogP contribution in [0, 0.1) is 0 Å². The van der Waals surface area contributed by atoms with Crippen LogP contribution < -0.4 is 0 Å². The molecule has 0 bridgehead atoms. The van der Waals surface area contributed by atoms with Crippen LogP contribution in [-0.2, 0) is 13.6 Å². The Kier molecular flexibility index (Phi) is 5.82. The molecule has 0 fully saturated rings. The molecule has 0 saturated carbocycles. The quantitative estimate of drug-likeness (QED) is 0.582. The molecule has 1 aromatic rings. The van der Waals surface area contributed by atoms with E-state index in [9.17, 15) is 18.5 Å². The zero-order valence-electron chi connectivity index (χ0n) is 10.9. The lowest BCUT2D eigenvalue weighted by molar-refractivity contribution is 0.112. The van der Waals surface area contributed by atoms with E-state index in [0.717, 1.165) is 18.2 Å². The van der Waals surface area contributed by atoms with Crippen molar-refractivity contribution >= 4 is 19.4 Å². The van der Waals surface area contributed by atoms with Gasteiger partial charge in [0.25, 0.3) is 0 Å². The monoisotopic (exact) mass is 328 g/mol. The van der Waals surface area contributed by atoms with Gasteiger partial charge in [-0.15, -0.1) is 0 Å². The Balaban J connectivity index is 3.05. The van der Waals surface area contributed by atoms with Crippen LogP contribution in [0.25, 0.3) is 0 Å². The molecule has 9 heteroatoms. The van der Waals surface area contributed by atoms with Crippen LogP contribution in [0.4, 0.5) is 8.78 Å². The van der Waals surface area contributed by atoms with Gasteiger partial charge in [-0.05, 0) is 37.7 Å². The van der Waals surface area contributed by atoms with E-state index in [1.54, 1.807) is 0 Å². The molecule has 0 radical (unpaired) electrons. The highest BCUT2D eigenvalue weighted by atomic mass is 32.2. The third kappa shape index (κ3) is 3.85. The number of alkyl halides is 2. The van der Waals surface area contributed by atoms with E-state index in [1.807, 2.05) is 0 Å². The third-order valence-corrected chi connectivity index (χ3v) is 5.68. The van der Waals surface area contributed by atoms with Gasteiger partial charge >= 0.3 is 12.6 Å². The van der Waals surface area contributed by atoms with Crippen molar-refractivity contribution in [1.82, 2.24) is 0 Å². The standard InChI is InChI=1S/C11H15F2O5PS/c1-3-17-19(16,18-4-2)11(12,13)20-10-6-5-8(14)7-9(10)15/h5-7,14-15H,3-4H2,1-2H3. The molecule has 0 aliphatic heterocycles. The van der Waals surface area contributed by atoms with E-state index < -0.39 is 18.3 Å². The van der Waals surface area contributed by atoms with Crippen molar-refractivity contribution in [2.45, 2.75) is 23.7 Å². The molecule has 0 heterocycles. The predicted molar refractivity (Wildman–Crippen MR) is 71.4 cm³/mol. The minimum Gasteiger partial charge on any atom is -0.508 e. The van der Waals surface area contributed by atoms with Crippen LogP contribution >= 0.6 is 19.4 Å². The molecule has 0 saturated heterocycles. The molecule has 0 aliphatic rings. The summed E-state index contributed by atoms with van der Waals surface area (Å²) in [5.74, 6) is -0.817. The maximum absolute atomic E-state index is 14.1. The molecular formula is C11H15F2O5PS. The number of halogens is 2. The van der Waals surface area contributed by atoms with Crippen LogP contribution in [-0.4, -0.2) is 28.4 Å². The topological polar surface area (TPSA) is 76.0 Å². The molecule has 0 atom stereocenters. The minimum atomic E-state index is -4.66. The number of thioether (sulfide) groups is 1. The van der Waals surface area contributed by atoms with Crippen molar-refractivity contribution in [2.24, 2.45) is 0 Å². The van der Waals surface area contributed by atoms with Gasteiger partial charge in [0.05, 0.1) is 18.1 Å². The Morgan fingerprint density at radius 1 is 1.25 bits per heavy atom. The number of phenols is 2. The summed E-state index contributed by atoms with van der Waals surface area (Å²) in [5, 5.41) is 18.6. The molecular weight excluding hydrogens is 313 g/mol. The normalized spacial score (nSPS) is 12.6. The average molecular weight is 328 g/mol. The van der Waals surface area contributed by atoms with E-state index in [0.29, 0.717) is 0 Å². The summed E-state index contributed by atoms with van der Waals surface area (Å²) in [7, 11) is -4.66. The summed E-state index contributed by atoms with van der Waals surface area (Å²) < 4.78 is 49.5. The first-order valence-electron chi connectivity index (χ1n) is 5.73. The Hall–Kier alpha value is -0.820. The first-order chi connectivity index (χ1) is 9.25. The first kappa shape index (κ1) is 17.2. The number of hydrogen-bond acceptors (Lipinski definition) is 6. The van der Waals surface area contributed by atoms with Gasteiger partial charge in [0.15, 0.2) is 0 Å². The Morgan fingerprint density at radius 3 is 2.25 bits per heavy atom. The molecule has 20 heavy (non-hydrogen) atoms. The van der Waals surface area contributed by atoms with Gasteiger partial charge in [0.1, 0.15) is 11.5 Å². The first-order valence-corrected chi connectivity index (χ1v) is 8.09. The van der Waals surface area contributed by atoms with Crippen LogP contribution in [0.1, 0.15) is 13.8 Å². The largest absolute Gasteiger partial charge is 0.508 e. The Morgan fingerprint density at radius 2 is 1.80 bits per heavy atom. The summed E-state index contributed by atoms with van der Waals surface area (Å²) in [6.07, 6.45) is 0. The molecule has 0 spiro atoms. The van der Waals surface area contributed by atoms with Crippen LogP contribution in [0.5, 0.6) is 11.5 Å². The van der Waals surface area contributed by atoms with Crippen LogP contribution in [0.2, 0.25) is 0 Å². The number of hydrogen-bond donors (Lipinski definition) is 2. The maximum Gasteiger partial charge on any atom is 0.410 e. The smallest absolute Gasteiger partial charge is 0.410 e. The fourth-order valence-electron chi connectivity index (χ4n) is 1.31. The van der Waals surface area contributed by atoms with Crippen molar-refractivity contribution in [1.29, 1.82) is 0 Å². The van der Waals surface area contributed by atoms with Gasteiger partial charge < -0.3 is 19.3 Å². The van der Waals surface area contributed by atoms with Crippen LogP contribution in [0.3, 0.4) is 0 Å². The summed E-state index contributed by atoms with van der Waals surface area (Å²) in [6.45, 7) is 2.44. The highest BCUT2D eigenvalue weighted by molar-refractivity contribution is 8.06. The lowest BCUT2D eigenvalue weighted by atomic mass is 10.3. The second-order valence-corrected chi connectivity index (χ2v) is 7.11. The number of rotatable bonds is 7. The Labute approximate surface area is 119 Å². The van der Waals surface area contributed by atoms with E-state index in [2.05, 4.69) is 9.05 Å². The fourth-order valence-corrected chi connectivity index (χ4v) is 3.99. The van der Waals surface area contributed by atoms with Crippen molar-refractivity contribution in [3.05, 3.63) is 18.2 Å².